The van der Waals surface area contributed by atoms with Crippen molar-refractivity contribution in [1.82, 2.24) is 0 Å². The lowest BCUT2D eigenvalue weighted by molar-refractivity contribution is 0.992. The van der Waals surface area contributed by atoms with E-state index in [1.165, 1.54) is 11.1 Å². The van der Waals surface area contributed by atoms with Gasteiger partial charge < -0.3 is 5.73 Å². The highest BCUT2D eigenvalue weighted by molar-refractivity contribution is 5.56. The second-order valence-electron chi connectivity index (χ2n) is 5.88. The van der Waals surface area contributed by atoms with Gasteiger partial charge in [0.15, 0.2) is 0 Å². The molecule has 0 radical (unpaired) electrons. The molecule has 2 N–H and O–H groups in total. The molecule has 0 aliphatic rings. The van der Waals surface area contributed by atoms with Gasteiger partial charge in [-0.05, 0) is 48.9 Å². The van der Waals surface area contributed by atoms with E-state index in [9.17, 15) is 0 Å². The van der Waals surface area contributed by atoms with Gasteiger partial charge >= 0.3 is 0 Å². The van der Waals surface area contributed by atoms with Crippen molar-refractivity contribution in [3.63, 3.8) is 0 Å². The Bertz CT molecular complexity index is 918. The first-order chi connectivity index (χ1) is 12.7. The molecule has 0 aromatic heterocycles. The summed E-state index contributed by atoms with van der Waals surface area (Å²) in [4.78, 5) is 1.91. The van der Waals surface area contributed by atoms with Crippen molar-refractivity contribution in [1.29, 1.82) is 0 Å². The van der Waals surface area contributed by atoms with Crippen LogP contribution in [0.2, 0.25) is 0 Å². The minimum atomic E-state index is 0.662. The molecule has 0 unspecified atom stereocenters. The summed E-state index contributed by atoms with van der Waals surface area (Å²) in [5.74, 6) is 0. The van der Waals surface area contributed by atoms with E-state index in [0.717, 1.165) is 17.1 Å². The van der Waals surface area contributed by atoms with Crippen molar-refractivity contribution in [2.75, 3.05) is 4.90 Å². The zero-order valence-corrected chi connectivity index (χ0v) is 14.6. The molecule has 0 aliphatic heterocycles. The third kappa shape index (κ3) is 4.71. The lowest BCUT2D eigenvalue weighted by atomic mass is 10.2. The van der Waals surface area contributed by atoms with Crippen LogP contribution >= 0.6 is 0 Å². The fourth-order valence-electron chi connectivity index (χ4n) is 2.47. The monoisotopic (exact) mass is 340 g/mol. The van der Waals surface area contributed by atoms with Gasteiger partial charge in [0, 0.05) is 17.8 Å². The van der Waals surface area contributed by atoms with Gasteiger partial charge in [-0.3, -0.25) is 4.90 Å². The van der Waals surface area contributed by atoms with E-state index < -0.39 is 0 Å². The van der Waals surface area contributed by atoms with E-state index in [0.29, 0.717) is 6.54 Å². The summed E-state index contributed by atoms with van der Waals surface area (Å²) in [5.41, 5.74) is 10.4. The van der Waals surface area contributed by atoms with Gasteiger partial charge in [0.25, 0.3) is 0 Å². The Balaban J connectivity index is 1.73. The molecule has 3 rings (SSSR count). The first-order valence-electron chi connectivity index (χ1n) is 8.36. The quantitative estimate of drug-likeness (QED) is 0.389. The average molecular weight is 340 g/mol. The second-order valence-corrected chi connectivity index (χ2v) is 5.88. The van der Waals surface area contributed by atoms with Crippen LogP contribution in [-0.2, 0) is 6.54 Å². The summed E-state index contributed by atoms with van der Waals surface area (Å²) >= 11 is 0. The van der Waals surface area contributed by atoms with Crippen LogP contribution in [0.3, 0.4) is 0 Å². The number of aryl methyl sites for hydroxylation is 1. The highest BCUT2D eigenvalue weighted by Crippen LogP contribution is 2.23. The van der Waals surface area contributed by atoms with Gasteiger partial charge in [-0.25, -0.2) is 0 Å². The highest BCUT2D eigenvalue weighted by Gasteiger charge is 2.05. The van der Waals surface area contributed by atoms with Crippen LogP contribution in [0.4, 0.5) is 17.1 Å². The van der Waals surface area contributed by atoms with E-state index in [1.54, 1.807) is 0 Å². The van der Waals surface area contributed by atoms with Crippen LogP contribution in [0.1, 0.15) is 11.1 Å². The number of nitrogens with two attached hydrogens (primary N) is 1. The lowest BCUT2D eigenvalue weighted by Gasteiger charge is -2.17. The van der Waals surface area contributed by atoms with E-state index >= 15 is 0 Å². The highest BCUT2D eigenvalue weighted by atomic mass is 15.1. The first kappa shape index (κ1) is 17.2. The minimum Gasteiger partial charge on any atom is -0.358 e. The number of nitrogens with zero attached hydrogens (tertiary/aromatic N) is 3. The van der Waals surface area contributed by atoms with Crippen LogP contribution in [-0.4, -0.2) is 0 Å². The SMILES string of the molecule is Cc1ccc(N=Nc2ccc(N(C#CN)Cc3ccccc3)cc2)cc1. The largest absolute Gasteiger partial charge is 0.358 e. The van der Waals surface area contributed by atoms with Crippen molar-refractivity contribution in [3.8, 4) is 12.1 Å². The smallest absolute Gasteiger partial charge is 0.0858 e. The lowest BCUT2D eigenvalue weighted by Crippen LogP contribution is -2.16. The molecule has 4 nitrogen and oxygen atoms in total. The average Bonchev–Trinajstić information content (AvgIpc) is 2.68. The van der Waals surface area contributed by atoms with Crippen LogP contribution in [0, 0.1) is 19.0 Å². The van der Waals surface area contributed by atoms with Gasteiger partial charge in [0.05, 0.1) is 17.9 Å². The summed E-state index contributed by atoms with van der Waals surface area (Å²) in [6.07, 6.45) is 0. The number of hydrogen-bond acceptors (Lipinski definition) is 4. The zero-order chi connectivity index (χ0) is 18.2. The molecule has 0 saturated carbocycles. The van der Waals surface area contributed by atoms with E-state index in [2.05, 4.69) is 34.4 Å². The first-order valence-corrected chi connectivity index (χ1v) is 8.36. The fraction of sp³-hybridized carbons (Fsp3) is 0.0909. The molecule has 3 aromatic rings. The molecule has 0 heterocycles. The van der Waals surface area contributed by atoms with E-state index in [1.807, 2.05) is 78.6 Å². The van der Waals surface area contributed by atoms with Crippen LogP contribution in [0.15, 0.2) is 89.1 Å². The van der Waals surface area contributed by atoms with Crippen molar-refractivity contribution in [3.05, 3.63) is 90.0 Å². The number of hydrogen-bond donors (Lipinski definition) is 1. The molecule has 0 bridgehead atoms. The summed E-state index contributed by atoms with van der Waals surface area (Å²) in [5, 5.41) is 8.54. The summed E-state index contributed by atoms with van der Waals surface area (Å²) in [7, 11) is 0. The van der Waals surface area contributed by atoms with Gasteiger partial charge in [-0.15, -0.1) is 0 Å². The predicted molar refractivity (Wildman–Crippen MR) is 106 cm³/mol. The summed E-state index contributed by atoms with van der Waals surface area (Å²) in [6, 6.07) is 31.3. The summed E-state index contributed by atoms with van der Waals surface area (Å²) in [6.45, 7) is 2.71. The molecule has 0 amide bonds. The molecule has 0 saturated heterocycles. The number of benzene rings is 3. The Hall–Kier alpha value is -3.58. The predicted octanol–water partition coefficient (Wildman–Crippen LogP) is 5.29. The molecule has 0 atom stereocenters. The molecular formula is C22H20N4. The molecule has 128 valence electrons. The van der Waals surface area contributed by atoms with Gasteiger partial charge in [0.1, 0.15) is 0 Å². The van der Waals surface area contributed by atoms with Crippen molar-refractivity contribution < 1.29 is 0 Å². The normalized spacial score (nSPS) is 10.3. The molecular weight excluding hydrogens is 320 g/mol. The summed E-state index contributed by atoms with van der Waals surface area (Å²) < 4.78 is 0. The van der Waals surface area contributed by atoms with Gasteiger partial charge in [0.2, 0.25) is 0 Å². The molecule has 0 aliphatic carbocycles. The van der Waals surface area contributed by atoms with Crippen molar-refractivity contribution in [2.45, 2.75) is 13.5 Å². The standard InChI is InChI=1S/C22H20N4/c1-18-7-9-20(10-8-18)24-25-21-11-13-22(14-12-21)26(16-15-23)17-19-5-3-2-4-6-19/h2-14H,17,23H2,1H3. The third-order valence-corrected chi connectivity index (χ3v) is 3.86. The number of rotatable bonds is 5. The van der Waals surface area contributed by atoms with Crippen LogP contribution in [0.5, 0.6) is 0 Å². The molecule has 0 spiro atoms. The molecule has 4 heteroatoms. The molecule has 0 fully saturated rings. The van der Waals surface area contributed by atoms with Gasteiger partial charge in [-0.2, -0.15) is 10.2 Å². The fourth-order valence-corrected chi connectivity index (χ4v) is 2.47. The topological polar surface area (TPSA) is 54.0 Å². The molecule has 26 heavy (non-hydrogen) atoms. The van der Waals surface area contributed by atoms with Gasteiger partial charge in [-0.1, -0.05) is 48.0 Å². The third-order valence-electron chi connectivity index (χ3n) is 3.86. The maximum atomic E-state index is 5.44. The van der Waals surface area contributed by atoms with Crippen LogP contribution in [0.25, 0.3) is 0 Å². The van der Waals surface area contributed by atoms with Crippen molar-refractivity contribution in [2.24, 2.45) is 16.0 Å². The number of azo groups is 1. The van der Waals surface area contributed by atoms with Crippen LogP contribution < -0.4 is 10.6 Å². The maximum Gasteiger partial charge on any atom is 0.0858 e. The Labute approximate surface area is 154 Å². The van der Waals surface area contributed by atoms with E-state index in [4.69, 9.17) is 5.73 Å². The second kappa shape index (κ2) is 8.50. The Morgan fingerprint density at radius 2 is 1.38 bits per heavy atom. The Kier molecular flexibility index (Phi) is 5.64. The van der Waals surface area contributed by atoms with Crippen molar-refractivity contribution >= 4 is 17.1 Å². The Morgan fingerprint density at radius 1 is 0.808 bits per heavy atom. The zero-order valence-electron chi connectivity index (χ0n) is 14.6. The minimum absolute atomic E-state index is 0.662. The van der Waals surface area contributed by atoms with E-state index in [-0.39, 0.29) is 0 Å². The molecule has 3 aromatic carbocycles. The maximum absolute atomic E-state index is 5.44. The number of anilines is 1. The Morgan fingerprint density at radius 3 is 1.96 bits per heavy atom.